The normalized spacial score (nSPS) is 20.1. The zero-order valence-corrected chi connectivity index (χ0v) is 22.9. The second-order valence-corrected chi connectivity index (χ2v) is 10.4. The highest BCUT2D eigenvalue weighted by atomic mass is 19.3. The molecule has 5 rings (SSSR count). The Morgan fingerprint density at radius 1 is 1.05 bits per heavy atom. The number of morpholine rings is 1. The van der Waals surface area contributed by atoms with Gasteiger partial charge in [0.25, 0.3) is 6.43 Å². The van der Waals surface area contributed by atoms with Crippen LogP contribution in [0.5, 0.6) is 0 Å². The molecule has 2 aliphatic rings. The molecule has 1 aromatic carbocycles. The second-order valence-electron chi connectivity index (χ2n) is 10.4. The Hall–Kier alpha value is -2.96. The highest BCUT2D eigenvalue weighted by Crippen LogP contribution is 2.31. The number of aromatic nitrogens is 4. The van der Waals surface area contributed by atoms with E-state index in [1.165, 1.54) is 4.57 Å². The molecule has 0 amide bonds. The highest BCUT2D eigenvalue weighted by Gasteiger charge is 2.27. The fourth-order valence-electron chi connectivity index (χ4n) is 5.75. The Labute approximate surface area is 232 Å². The Bertz CT molecular complexity index is 1230. The van der Waals surface area contributed by atoms with Crippen LogP contribution in [0.15, 0.2) is 30.3 Å². The first-order valence-corrected chi connectivity index (χ1v) is 14.1. The molecular formula is C28H38F3N7O2. The minimum atomic E-state index is -2.76. The lowest BCUT2D eigenvalue weighted by Gasteiger charge is -2.36. The van der Waals surface area contributed by atoms with Gasteiger partial charge < -0.3 is 19.7 Å². The van der Waals surface area contributed by atoms with Crippen molar-refractivity contribution in [1.29, 1.82) is 0 Å². The van der Waals surface area contributed by atoms with Gasteiger partial charge in [0.2, 0.25) is 5.95 Å². The van der Waals surface area contributed by atoms with Crippen molar-refractivity contribution < 1.29 is 22.6 Å². The van der Waals surface area contributed by atoms with Gasteiger partial charge in [0, 0.05) is 51.9 Å². The Kier molecular flexibility index (Phi) is 9.71. The zero-order valence-electron chi connectivity index (χ0n) is 22.9. The molecule has 0 spiro atoms. The van der Waals surface area contributed by atoms with Gasteiger partial charge in [-0.2, -0.15) is 9.97 Å². The van der Waals surface area contributed by atoms with Crippen LogP contribution in [0.1, 0.15) is 37.9 Å². The topological polar surface area (TPSA) is 80.6 Å². The van der Waals surface area contributed by atoms with Crippen LogP contribution in [0.4, 0.5) is 24.9 Å². The summed E-state index contributed by atoms with van der Waals surface area (Å²) in [6.45, 7) is 4.55. The van der Waals surface area contributed by atoms with E-state index in [1.807, 2.05) is 0 Å². The van der Waals surface area contributed by atoms with Gasteiger partial charge in [0.1, 0.15) is 18.3 Å². The summed E-state index contributed by atoms with van der Waals surface area (Å²) >= 11 is 0. The van der Waals surface area contributed by atoms with Crippen molar-refractivity contribution in [3.63, 3.8) is 0 Å². The number of anilines is 2. The van der Waals surface area contributed by atoms with Crippen LogP contribution in [-0.4, -0.2) is 96.8 Å². The van der Waals surface area contributed by atoms with Gasteiger partial charge >= 0.3 is 0 Å². The molecule has 40 heavy (non-hydrogen) atoms. The third-order valence-corrected chi connectivity index (χ3v) is 7.88. The summed E-state index contributed by atoms with van der Waals surface area (Å²) in [4.78, 5) is 17.9. The number of nitrogens with one attached hydrogen (secondary N) is 1. The number of halogens is 3. The van der Waals surface area contributed by atoms with Crippen LogP contribution in [0.2, 0.25) is 0 Å². The maximum absolute atomic E-state index is 14.1. The van der Waals surface area contributed by atoms with Crippen molar-refractivity contribution >= 4 is 22.8 Å². The number of ether oxygens (including phenoxy) is 2. The van der Waals surface area contributed by atoms with Crippen LogP contribution >= 0.6 is 0 Å². The predicted octanol–water partition coefficient (Wildman–Crippen LogP) is 4.48. The highest BCUT2D eigenvalue weighted by molar-refractivity contribution is 5.78. The number of nitrogens with zero attached hydrogens (tertiary/aromatic N) is 6. The van der Waals surface area contributed by atoms with E-state index in [0.717, 1.165) is 32.2 Å². The molecule has 1 saturated heterocycles. The zero-order chi connectivity index (χ0) is 27.9. The first kappa shape index (κ1) is 28.6. The summed E-state index contributed by atoms with van der Waals surface area (Å²) in [6.07, 6.45) is 1.24. The molecule has 3 heterocycles. The number of benzene rings is 1. The number of methoxy groups -OCH3 is 1. The molecule has 1 aliphatic heterocycles. The molecule has 0 unspecified atom stereocenters. The minimum absolute atomic E-state index is 0.344. The summed E-state index contributed by atoms with van der Waals surface area (Å²) in [7, 11) is 1.67. The summed E-state index contributed by atoms with van der Waals surface area (Å²) in [6, 6.07) is 9.19. The monoisotopic (exact) mass is 561 g/mol. The van der Waals surface area contributed by atoms with E-state index in [0.29, 0.717) is 86.6 Å². The number of alkyl halides is 3. The van der Waals surface area contributed by atoms with E-state index in [2.05, 4.69) is 20.1 Å². The van der Waals surface area contributed by atoms with Crippen LogP contribution in [0, 0.1) is 5.92 Å². The molecule has 1 N–H and O–H groups in total. The van der Waals surface area contributed by atoms with Crippen LogP contribution < -0.4 is 10.2 Å². The number of fused-ring (bicyclic) bond motifs is 1. The van der Waals surface area contributed by atoms with Crippen molar-refractivity contribution in [2.45, 2.75) is 38.2 Å². The number of rotatable bonds is 12. The van der Waals surface area contributed by atoms with Gasteiger partial charge in [-0.15, -0.1) is 0 Å². The third-order valence-electron chi connectivity index (χ3n) is 7.88. The number of imidazole rings is 1. The summed E-state index contributed by atoms with van der Waals surface area (Å²) in [5.74, 6) is 1.49. The quantitative estimate of drug-likeness (QED) is 0.347. The first-order valence-electron chi connectivity index (χ1n) is 14.1. The van der Waals surface area contributed by atoms with Crippen LogP contribution in [0.3, 0.4) is 0 Å². The molecule has 0 atom stereocenters. The maximum atomic E-state index is 14.1. The van der Waals surface area contributed by atoms with Gasteiger partial charge in [-0.05, 0) is 43.7 Å². The van der Waals surface area contributed by atoms with E-state index in [1.54, 1.807) is 37.4 Å². The maximum Gasteiger partial charge on any atom is 0.296 e. The SMILES string of the molecule is COCCN(CCF)C1CCC(CNc2nc(N3CCOCC3)cc(-n3c(C(F)F)nc4ccccc43)n2)CC1. The molecule has 0 bridgehead atoms. The third kappa shape index (κ3) is 6.67. The van der Waals surface area contributed by atoms with Crippen molar-refractivity contribution in [3.8, 4) is 5.82 Å². The molecule has 218 valence electrons. The summed E-state index contributed by atoms with van der Waals surface area (Å²) in [5.41, 5.74) is 1.06. The Morgan fingerprint density at radius 2 is 1.80 bits per heavy atom. The average Bonchev–Trinajstić information content (AvgIpc) is 3.39. The van der Waals surface area contributed by atoms with Gasteiger partial charge in [-0.3, -0.25) is 9.47 Å². The van der Waals surface area contributed by atoms with E-state index in [4.69, 9.17) is 19.4 Å². The number of hydrogen-bond acceptors (Lipinski definition) is 8. The standard InChI is InChI=1S/C28H38F3N7O2/c1-39-15-12-36(11-10-29)21-8-6-20(7-9-21)19-32-28-34-24(37-13-16-40-17-14-37)18-25(35-28)38-23-5-3-2-4-22(23)33-27(38)26(30)31/h2-5,18,20-21,26H,6-17,19H2,1H3,(H,32,34,35). The van der Waals surface area contributed by atoms with E-state index >= 15 is 0 Å². The molecule has 1 aliphatic carbocycles. The lowest BCUT2D eigenvalue weighted by Crippen LogP contribution is -2.42. The average molecular weight is 562 g/mol. The molecule has 0 radical (unpaired) electrons. The fraction of sp³-hybridized carbons (Fsp3) is 0.607. The predicted molar refractivity (Wildman–Crippen MR) is 148 cm³/mol. The van der Waals surface area contributed by atoms with E-state index < -0.39 is 6.43 Å². The van der Waals surface area contributed by atoms with Crippen LogP contribution in [0.25, 0.3) is 16.9 Å². The van der Waals surface area contributed by atoms with Gasteiger partial charge in [-0.1, -0.05) is 12.1 Å². The minimum Gasteiger partial charge on any atom is -0.383 e. The second kappa shape index (κ2) is 13.6. The van der Waals surface area contributed by atoms with E-state index in [-0.39, 0.29) is 12.5 Å². The molecule has 3 aromatic rings. The lowest BCUT2D eigenvalue weighted by molar-refractivity contribution is 0.0888. The Balaban J connectivity index is 1.35. The summed E-state index contributed by atoms with van der Waals surface area (Å²) < 4.78 is 53.5. The smallest absolute Gasteiger partial charge is 0.296 e. The van der Waals surface area contributed by atoms with Crippen molar-refractivity contribution in [3.05, 3.63) is 36.2 Å². The molecule has 1 saturated carbocycles. The van der Waals surface area contributed by atoms with Crippen LogP contribution in [-0.2, 0) is 9.47 Å². The Morgan fingerprint density at radius 3 is 2.52 bits per heavy atom. The van der Waals surface area contributed by atoms with Crippen molar-refractivity contribution in [2.24, 2.45) is 5.92 Å². The molecule has 12 heteroatoms. The number of para-hydroxylation sites is 2. The molecule has 2 aromatic heterocycles. The van der Waals surface area contributed by atoms with Gasteiger partial charge in [0.05, 0.1) is 30.9 Å². The van der Waals surface area contributed by atoms with Crippen molar-refractivity contribution in [1.82, 2.24) is 24.4 Å². The molecule has 9 nitrogen and oxygen atoms in total. The molecular weight excluding hydrogens is 523 g/mol. The summed E-state index contributed by atoms with van der Waals surface area (Å²) in [5, 5.41) is 3.40. The lowest BCUT2D eigenvalue weighted by atomic mass is 9.85. The van der Waals surface area contributed by atoms with E-state index in [9.17, 15) is 13.2 Å². The number of hydrogen-bond donors (Lipinski definition) is 1. The van der Waals surface area contributed by atoms with Crippen molar-refractivity contribution in [2.75, 3.05) is 76.5 Å². The van der Waals surface area contributed by atoms with Gasteiger partial charge in [-0.25, -0.2) is 18.2 Å². The fourth-order valence-corrected chi connectivity index (χ4v) is 5.75. The largest absolute Gasteiger partial charge is 0.383 e. The van der Waals surface area contributed by atoms with Gasteiger partial charge in [0.15, 0.2) is 5.82 Å². The first-order chi connectivity index (χ1) is 19.6. The molecule has 2 fully saturated rings.